The fourth-order valence-electron chi connectivity index (χ4n) is 4.62. The van der Waals surface area contributed by atoms with E-state index in [1.54, 1.807) is 0 Å². The van der Waals surface area contributed by atoms with Crippen molar-refractivity contribution in [2.45, 2.75) is 52.7 Å². The molecule has 1 amide bonds. The largest absolute Gasteiger partial charge is 0.468 e. The number of nitrogens with one attached hydrogen (secondary N) is 2. The van der Waals surface area contributed by atoms with Crippen LogP contribution in [0.25, 0.3) is 10.9 Å². The van der Waals surface area contributed by atoms with Crippen molar-refractivity contribution < 1.29 is 14.3 Å². The summed E-state index contributed by atoms with van der Waals surface area (Å²) >= 11 is 0. The second-order valence-electron chi connectivity index (χ2n) is 8.94. The number of methoxy groups -OCH3 is 1. The highest BCUT2D eigenvalue weighted by molar-refractivity contribution is 5.99. The number of esters is 1. The minimum absolute atomic E-state index is 0.118. The average Bonchev–Trinajstić information content (AvgIpc) is 3.29. The molecule has 2 heterocycles. The second kappa shape index (κ2) is 8.79. The second-order valence-corrected chi connectivity index (χ2v) is 8.94. The number of likely N-dealkylation sites (tertiary alicyclic amines) is 1. The molecule has 0 saturated carbocycles. The zero-order valence-corrected chi connectivity index (χ0v) is 19.4. The van der Waals surface area contributed by atoms with E-state index >= 15 is 0 Å². The van der Waals surface area contributed by atoms with Crippen LogP contribution in [0.5, 0.6) is 0 Å². The van der Waals surface area contributed by atoms with E-state index in [2.05, 4.69) is 54.2 Å². The van der Waals surface area contributed by atoms with Gasteiger partial charge in [-0.2, -0.15) is 0 Å². The van der Waals surface area contributed by atoms with Crippen LogP contribution in [0.3, 0.4) is 0 Å². The lowest BCUT2D eigenvalue weighted by molar-refractivity contribution is -0.146. The first kappa shape index (κ1) is 22.1. The monoisotopic (exact) mass is 433 g/mol. The van der Waals surface area contributed by atoms with Gasteiger partial charge in [0.25, 0.3) is 5.91 Å². The zero-order chi connectivity index (χ0) is 23.0. The molecule has 6 nitrogen and oxygen atoms in total. The topological polar surface area (TPSA) is 74.4 Å². The van der Waals surface area contributed by atoms with E-state index in [9.17, 15) is 9.59 Å². The number of benzene rings is 2. The number of ether oxygens (including phenoxy) is 1. The molecule has 0 unspecified atom stereocenters. The van der Waals surface area contributed by atoms with Crippen molar-refractivity contribution in [2.24, 2.45) is 0 Å². The third-order valence-corrected chi connectivity index (χ3v) is 6.66. The van der Waals surface area contributed by atoms with Crippen LogP contribution in [0.15, 0.2) is 36.4 Å². The molecule has 1 aliphatic heterocycles. The number of amides is 1. The molecule has 1 saturated heterocycles. The van der Waals surface area contributed by atoms with Gasteiger partial charge in [0.15, 0.2) is 0 Å². The molecule has 32 heavy (non-hydrogen) atoms. The van der Waals surface area contributed by atoms with E-state index in [-0.39, 0.29) is 24.0 Å². The SMILES string of the molecule is COC(=O)[C@@H]1C[C@@H](NC(=O)c2ccc3[nH]c(C)c(C)c3c2)CN1Cc1cc(C)ccc1C. The third kappa shape index (κ3) is 4.28. The lowest BCUT2D eigenvalue weighted by atomic mass is 10.0. The Balaban J connectivity index is 1.51. The van der Waals surface area contributed by atoms with Crippen molar-refractivity contribution in [3.05, 3.63) is 69.9 Å². The predicted octanol–water partition coefficient (Wildman–Crippen LogP) is 3.95. The zero-order valence-electron chi connectivity index (χ0n) is 19.4. The Morgan fingerprint density at radius 3 is 2.66 bits per heavy atom. The number of aromatic nitrogens is 1. The standard InChI is InChI=1S/C26H31N3O3/c1-15-6-7-16(2)20(10-15)13-29-14-21(12-24(29)26(31)32-5)28-25(30)19-8-9-23-22(11-19)17(3)18(4)27-23/h6-11,21,24,27H,12-14H2,1-5H3,(H,28,30)/t21-,24+/m1/s1. The minimum Gasteiger partial charge on any atom is -0.468 e. The van der Waals surface area contributed by atoms with E-state index in [1.165, 1.54) is 23.8 Å². The molecule has 6 heteroatoms. The van der Waals surface area contributed by atoms with Crippen LogP contribution in [-0.4, -0.2) is 47.5 Å². The van der Waals surface area contributed by atoms with Gasteiger partial charge in [-0.3, -0.25) is 14.5 Å². The summed E-state index contributed by atoms with van der Waals surface area (Å²) in [5, 5.41) is 4.20. The van der Waals surface area contributed by atoms with Gasteiger partial charge >= 0.3 is 5.97 Å². The molecule has 1 aromatic heterocycles. The number of carbonyl (C=O) groups excluding carboxylic acids is 2. The molecule has 2 atom stereocenters. The third-order valence-electron chi connectivity index (χ3n) is 6.66. The summed E-state index contributed by atoms with van der Waals surface area (Å²) in [6.07, 6.45) is 0.536. The first-order chi connectivity index (χ1) is 15.3. The van der Waals surface area contributed by atoms with Crippen molar-refractivity contribution in [2.75, 3.05) is 13.7 Å². The molecule has 0 radical (unpaired) electrons. The predicted molar refractivity (Wildman–Crippen MR) is 126 cm³/mol. The molecule has 1 fully saturated rings. The molecule has 1 aliphatic rings. The van der Waals surface area contributed by atoms with Crippen molar-refractivity contribution in [3.63, 3.8) is 0 Å². The molecule has 0 bridgehead atoms. The van der Waals surface area contributed by atoms with Crippen LogP contribution in [0.1, 0.15) is 44.7 Å². The van der Waals surface area contributed by atoms with Crippen molar-refractivity contribution in [1.29, 1.82) is 0 Å². The van der Waals surface area contributed by atoms with Gasteiger partial charge in [0, 0.05) is 41.3 Å². The highest BCUT2D eigenvalue weighted by Gasteiger charge is 2.38. The van der Waals surface area contributed by atoms with Crippen LogP contribution in [0.4, 0.5) is 0 Å². The van der Waals surface area contributed by atoms with E-state index in [0.717, 1.165) is 22.2 Å². The summed E-state index contributed by atoms with van der Waals surface area (Å²) in [5.41, 5.74) is 7.49. The van der Waals surface area contributed by atoms with Crippen molar-refractivity contribution in [1.82, 2.24) is 15.2 Å². The Labute approximate surface area is 188 Å². The van der Waals surface area contributed by atoms with Gasteiger partial charge in [0.1, 0.15) is 6.04 Å². The van der Waals surface area contributed by atoms with Crippen LogP contribution < -0.4 is 5.32 Å². The highest BCUT2D eigenvalue weighted by Crippen LogP contribution is 2.25. The number of hydrogen-bond acceptors (Lipinski definition) is 4. The number of aromatic amines is 1. The van der Waals surface area contributed by atoms with Gasteiger partial charge in [0.05, 0.1) is 7.11 Å². The summed E-state index contributed by atoms with van der Waals surface area (Å²) in [5.74, 6) is -0.376. The molecule has 3 aromatic rings. The normalized spacial score (nSPS) is 18.8. The lowest BCUT2D eigenvalue weighted by Gasteiger charge is -2.23. The van der Waals surface area contributed by atoms with E-state index < -0.39 is 0 Å². The average molecular weight is 434 g/mol. The Morgan fingerprint density at radius 1 is 1.12 bits per heavy atom. The summed E-state index contributed by atoms with van der Waals surface area (Å²) in [6.45, 7) is 9.48. The Bertz CT molecular complexity index is 1180. The van der Waals surface area contributed by atoms with Gasteiger partial charge in [-0.05, 0) is 69.0 Å². The van der Waals surface area contributed by atoms with Gasteiger partial charge < -0.3 is 15.0 Å². The summed E-state index contributed by atoms with van der Waals surface area (Å²) in [7, 11) is 1.42. The van der Waals surface area contributed by atoms with E-state index in [4.69, 9.17) is 4.74 Å². The van der Waals surface area contributed by atoms with Gasteiger partial charge in [-0.1, -0.05) is 23.8 Å². The number of fused-ring (bicyclic) bond motifs is 1. The highest BCUT2D eigenvalue weighted by atomic mass is 16.5. The van der Waals surface area contributed by atoms with Gasteiger partial charge in [0.2, 0.25) is 0 Å². The summed E-state index contributed by atoms with van der Waals surface area (Å²) in [4.78, 5) is 30.9. The van der Waals surface area contributed by atoms with Crippen LogP contribution in [0.2, 0.25) is 0 Å². The maximum absolute atomic E-state index is 13.0. The van der Waals surface area contributed by atoms with Crippen LogP contribution in [-0.2, 0) is 16.1 Å². The fraction of sp³-hybridized carbons (Fsp3) is 0.385. The molecule has 4 rings (SSSR count). The Morgan fingerprint density at radius 2 is 1.91 bits per heavy atom. The quantitative estimate of drug-likeness (QED) is 0.598. The summed E-state index contributed by atoms with van der Waals surface area (Å²) in [6, 6.07) is 11.6. The van der Waals surface area contributed by atoms with Crippen LogP contribution in [0, 0.1) is 27.7 Å². The van der Waals surface area contributed by atoms with Crippen molar-refractivity contribution in [3.8, 4) is 0 Å². The van der Waals surface area contributed by atoms with E-state index in [0.29, 0.717) is 25.1 Å². The Kier molecular flexibility index (Phi) is 6.07. The van der Waals surface area contributed by atoms with Crippen molar-refractivity contribution >= 4 is 22.8 Å². The number of aryl methyl sites for hydroxylation is 4. The molecular formula is C26H31N3O3. The molecule has 0 spiro atoms. The molecule has 2 N–H and O–H groups in total. The Hall–Kier alpha value is -3.12. The van der Waals surface area contributed by atoms with Gasteiger partial charge in [-0.25, -0.2) is 0 Å². The molecular weight excluding hydrogens is 402 g/mol. The molecule has 0 aliphatic carbocycles. The maximum Gasteiger partial charge on any atom is 0.323 e. The fourth-order valence-corrected chi connectivity index (χ4v) is 4.62. The smallest absolute Gasteiger partial charge is 0.323 e. The number of hydrogen-bond donors (Lipinski definition) is 2. The first-order valence-electron chi connectivity index (χ1n) is 11.0. The van der Waals surface area contributed by atoms with Crippen LogP contribution >= 0.6 is 0 Å². The number of nitrogens with zero attached hydrogens (tertiary/aromatic N) is 1. The number of H-pyrrole nitrogens is 1. The number of rotatable bonds is 5. The minimum atomic E-state index is -0.373. The summed E-state index contributed by atoms with van der Waals surface area (Å²) < 4.78 is 5.06. The molecule has 2 aromatic carbocycles. The maximum atomic E-state index is 13.0. The number of carbonyl (C=O) groups is 2. The first-order valence-corrected chi connectivity index (χ1v) is 11.0. The lowest BCUT2D eigenvalue weighted by Crippen LogP contribution is -2.37. The van der Waals surface area contributed by atoms with E-state index in [1.807, 2.05) is 25.1 Å². The van der Waals surface area contributed by atoms with Gasteiger partial charge in [-0.15, -0.1) is 0 Å². The molecule has 168 valence electrons.